The fraction of sp³-hybridized carbons (Fsp3) is 0.200. The number of alkyl halides is 3. The molecule has 0 bridgehead atoms. The molecule has 0 saturated heterocycles. The Kier molecular flexibility index (Phi) is 5.38. The first-order chi connectivity index (χ1) is 13.5. The standard InChI is InChI=1S/C20H14F3N3S2/c21-20(22,23)15-5-3-4-14(12-15)7-8-17-16(13-28-19-24-9-11-27-19)25-18-6-1-2-10-26(17)18/h1-6,10,12H,9,11,13H2. The van der Waals surface area contributed by atoms with E-state index in [0.29, 0.717) is 17.0 Å². The van der Waals surface area contributed by atoms with Crippen molar-refractivity contribution in [3.63, 3.8) is 0 Å². The molecule has 1 aromatic carbocycles. The third-order valence-electron chi connectivity index (χ3n) is 4.01. The highest BCUT2D eigenvalue weighted by Gasteiger charge is 2.30. The molecule has 1 aliphatic heterocycles. The van der Waals surface area contributed by atoms with Crippen LogP contribution in [0.1, 0.15) is 22.5 Å². The van der Waals surface area contributed by atoms with Crippen LogP contribution in [-0.4, -0.2) is 26.1 Å². The lowest BCUT2D eigenvalue weighted by Gasteiger charge is -2.05. The molecule has 3 nitrogen and oxygen atoms in total. The van der Waals surface area contributed by atoms with Crippen LogP contribution in [0.4, 0.5) is 13.2 Å². The topological polar surface area (TPSA) is 29.7 Å². The molecule has 0 aliphatic carbocycles. The van der Waals surface area contributed by atoms with Gasteiger partial charge in [0.2, 0.25) is 0 Å². The molecule has 4 rings (SSSR count). The van der Waals surface area contributed by atoms with Crippen molar-refractivity contribution in [2.45, 2.75) is 11.9 Å². The van der Waals surface area contributed by atoms with Crippen LogP contribution >= 0.6 is 23.5 Å². The van der Waals surface area contributed by atoms with Crippen LogP contribution in [0, 0.1) is 11.8 Å². The number of pyridine rings is 1. The normalized spacial score (nSPS) is 14.0. The zero-order valence-electron chi connectivity index (χ0n) is 14.5. The number of aromatic nitrogens is 2. The average molecular weight is 417 g/mol. The van der Waals surface area contributed by atoms with Crippen molar-refractivity contribution in [1.29, 1.82) is 0 Å². The number of hydrogen-bond acceptors (Lipinski definition) is 4. The summed E-state index contributed by atoms with van der Waals surface area (Å²) in [4.78, 5) is 9.06. The minimum Gasteiger partial charge on any atom is -0.293 e. The maximum absolute atomic E-state index is 12.9. The maximum atomic E-state index is 12.9. The molecule has 28 heavy (non-hydrogen) atoms. The van der Waals surface area contributed by atoms with Crippen molar-refractivity contribution < 1.29 is 13.2 Å². The number of thioether (sulfide) groups is 2. The maximum Gasteiger partial charge on any atom is 0.416 e. The molecule has 3 heterocycles. The third kappa shape index (κ3) is 4.21. The highest BCUT2D eigenvalue weighted by Crippen LogP contribution is 2.29. The monoisotopic (exact) mass is 417 g/mol. The summed E-state index contributed by atoms with van der Waals surface area (Å²) in [5.41, 5.74) is 1.85. The van der Waals surface area contributed by atoms with Gasteiger partial charge < -0.3 is 0 Å². The molecule has 0 radical (unpaired) electrons. The van der Waals surface area contributed by atoms with E-state index in [-0.39, 0.29) is 0 Å². The van der Waals surface area contributed by atoms with Crippen LogP contribution in [0.5, 0.6) is 0 Å². The predicted molar refractivity (Wildman–Crippen MR) is 109 cm³/mol. The van der Waals surface area contributed by atoms with Crippen LogP contribution in [0.3, 0.4) is 0 Å². The molecule has 0 spiro atoms. The number of hydrogen-bond donors (Lipinski definition) is 0. The van der Waals surface area contributed by atoms with Crippen LogP contribution in [0.15, 0.2) is 53.7 Å². The van der Waals surface area contributed by atoms with E-state index in [2.05, 4.69) is 21.8 Å². The van der Waals surface area contributed by atoms with Gasteiger partial charge in [0.25, 0.3) is 0 Å². The highest BCUT2D eigenvalue weighted by molar-refractivity contribution is 8.38. The Balaban J connectivity index is 1.68. The Morgan fingerprint density at radius 1 is 1.14 bits per heavy atom. The molecule has 0 unspecified atom stereocenters. The van der Waals surface area contributed by atoms with Gasteiger partial charge in [0, 0.05) is 23.3 Å². The Hall–Kier alpha value is -2.37. The van der Waals surface area contributed by atoms with Crippen LogP contribution in [0.25, 0.3) is 5.65 Å². The fourth-order valence-corrected chi connectivity index (χ4v) is 4.66. The quantitative estimate of drug-likeness (QED) is 0.544. The van der Waals surface area contributed by atoms with Gasteiger partial charge in [-0.2, -0.15) is 13.2 Å². The number of benzene rings is 1. The first-order valence-electron chi connectivity index (χ1n) is 8.46. The van der Waals surface area contributed by atoms with Gasteiger partial charge in [0.15, 0.2) is 0 Å². The third-order valence-corrected chi connectivity index (χ3v) is 6.27. The molecule has 0 atom stereocenters. The molecule has 3 aromatic rings. The molecule has 142 valence electrons. The van der Waals surface area contributed by atoms with Gasteiger partial charge in [-0.3, -0.25) is 9.39 Å². The van der Waals surface area contributed by atoms with Crippen LogP contribution < -0.4 is 0 Å². The SMILES string of the molecule is FC(F)(F)c1cccc(C#Cc2c(CSC3=NCCS3)nc3ccccn23)c1. The first kappa shape index (κ1) is 19.0. The van der Waals surface area contributed by atoms with E-state index in [9.17, 15) is 13.2 Å². The molecular formula is C20H14F3N3S2. The van der Waals surface area contributed by atoms with Crippen LogP contribution in [0.2, 0.25) is 0 Å². The van der Waals surface area contributed by atoms with E-state index in [1.807, 2.05) is 28.8 Å². The summed E-state index contributed by atoms with van der Waals surface area (Å²) < 4.78 is 41.7. The summed E-state index contributed by atoms with van der Waals surface area (Å²) in [6.45, 7) is 0.834. The molecule has 0 fully saturated rings. The van der Waals surface area contributed by atoms with Crippen molar-refractivity contribution in [2.24, 2.45) is 4.99 Å². The fourth-order valence-electron chi connectivity index (χ4n) is 2.72. The molecular weight excluding hydrogens is 403 g/mol. The molecule has 0 N–H and O–H groups in total. The summed E-state index contributed by atoms with van der Waals surface area (Å²) in [5, 5.41) is 0. The number of imidazole rings is 1. The largest absolute Gasteiger partial charge is 0.416 e. The summed E-state index contributed by atoms with van der Waals surface area (Å²) in [6, 6.07) is 10.7. The lowest BCUT2D eigenvalue weighted by Crippen LogP contribution is -2.04. The zero-order chi connectivity index (χ0) is 19.6. The average Bonchev–Trinajstić information content (AvgIpc) is 3.32. The molecule has 1 aliphatic rings. The van der Waals surface area contributed by atoms with Gasteiger partial charge in [0.05, 0.1) is 17.8 Å². The Morgan fingerprint density at radius 2 is 2.04 bits per heavy atom. The number of halogens is 3. The van der Waals surface area contributed by atoms with Crippen molar-refractivity contribution >= 4 is 33.5 Å². The minimum absolute atomic E-state index is 0.315. The van der Waals surface area contributed by atoms with Crippen molar-refractivity contribution in [3.8, 4) is 11.8 Å². The Labute approximate surface area is 168 Å². The van der Waals surface area contributed by atoms with Crippen molar-refractivity contribution in [1.82, 2.24) is 9.38 Å². The minimum atomic E-state index is -4.39. The summed E-state index contributed by atoms with van der Waals surface area (Å²) >= 11 is 3.34. The smallest absolute Gasteiger partial charge is 0.293 e. The lowest BCUT2D eigenvalue weighted by molar-refractivity contribution is -0.137. The molecule has 2 aromatic heterocycles. The van der Waals surface area contributed by atoms with E-state index in [0.717, 1.165) is 40.1 Å². The van der Waals surface area contributed by atoms with Gasteiger partial charge in [-0.1, -0.05) is 41.6 Å². The van der Waals surface area contributed by atoms with E-state index < -0.39 is 11.7 Å². The van der Waals surface area contributed by atoms with E-state index in [1.54, 1.807) is 29.6 Å². The number of nitrogens with zero attached hydrogens (tertiary/aromatic N) is 3. The second kappa shape index (κ2) is 7.94. The number of aliphatic imine (C=N–C) groups is 1. The van der Waals surface area contributed by atoms with Crippen molar-refractivity contribution in [2.75, 3.05) is 12.3 Å². The summed E-state index contributed by atoms with van der Waals surface area (Å²) in [6.07, 6.45) is -2.53. The van der Waals surface area contributed by atoms with Gasteiger partial charge in [0.1, 0.15) is 15.7 Å². The second-order valence-corrected chi connectivity index (χ2v) is 8.26. The molecule has 0 amide bonds. The molecule has 8 heteroatoms. The number of fused-ring (bicyclic) bond motifs is 1. The van der Waals surface area contributed by atoms with Crippen molar-refractivity contribution in [3.05, 3.63) is 71.2 Å². The first-order valence-corrected chi connectivity index (χ1v) is 10.4. The number of rotatable bonds is 2. The van der Waals surface area contributed by atoms with Gasteiger partial charge in [-0.15, -0.1) is 0 Å². The lowest BCUT2D eigenvalue weighted by atomic mass is 10.1. The van der Waals surface area contributed by atoms with E-state index in [1.165, 1.54) is 6.07 Å². The highest BCUT2D eigenvalue weighted by atomic mass is 32.2. The Bertz CT molecular complexity index is 1110. The van der Waals surface area contributed by atoms with E-state index in [4.69, 9.17) is 0 Å². The zero-order valence-corrected chi connectivity index (χ0v) is 16.2. The van der Waals surface area contributed by atoms with Gasteiger partial charge in [-0.05, 0) is 36.3 Å². The summed E-state index contributed by atoms with van der Waals surface area (Å²) in [5.74, 6) is 7.50. The predicted octanol–water partition coefficient (Wildman–Crippen LogP) is 5.09. The second-order valence-electron chi connectivity index (χ2n) is 5.95. The van der Waals surface area contributed by atoms with Crippen LogP contribution in [-0.2, 0) is 11.9 Å². The van der Waals surface area contributed by atoms with Gasteiger partial charge in [-0.25, -0.2) is 4.98 Å². The van der Waals surface area contributed by atoms with E-state index >= 15 is 0 Å². The van der Waals surface area contributed by atoms with Gasteiger partial charge >= 0.3 is 6.18 Å². The molecule has 0 saturated carbocycles. The Morgan fingerprint density at radius 3 is 2.82 bits per heavy atom. The summed E-state index contributed by atoms with van der Waals surface area (Å²) in [7, 11) is 0.